The Kier molecular flexibility index (Phi) is 4.53. The van der Waals surface area contributed by atoms with Gasteiger partial charge in [-0.15, -0.1) is 0 Å². The number of carbonyl (C=O) groups excluding carboxylic acids is 1. The van der Waals surface area contributed by atoms with Crippen LogP contribution in [0.1, 0.15) is 10.4 Å². The monoisotopic (exact) mass is 285 g/mol. The summed E-state index contributed by atoms with van der Waals surface area (Å²) in [5.41, 5.74) is -0.450. The number of amides is 1. The predicted molar refractivity (Wildman–Crippen MR) is 55.8 cm³/mol. The number of nitrogens with one attached hydrogen (secondary N) is 1. The van der Waals surface area contributed by atoms with Gasteiger partial charge in [-0.3, -0.25) is 4.79 Å². The van der Waals surface area contributed by atoms with Crippen LogP contribution >= 0.6 is 11.6 Å². The summed E-state index contributed by atoms with van der Waals surface area (Å²) in [4.78, 5) is 11.3. The van der Waals surface area contributed by atoms with E-state index in [1.54, 1.807) is 5.32 Å². The fourth-order valence-corrected chi connectivity index (χ4v) is 1.23. The van der Waals surface area contributed by atoms with E-state index in [0.717, 1.165) is 12.1 Å². The van der Waals surface area contributed by atoms with Crippen molar-refractivity contribution in [3.63, 3.8) is 0 Å². The van der Waals surface area contributed by atoms with E-state index in [2.05, 4.69) is 0 Å². The van der Waals surface area contributed by atoms with Crippen LogP contribution in [0, 0.1) is 5.82 Å². The second-order valence-electron chi connectivity index (χ2n) is 3.39. The number of rotatable bonds is 3. The van der Waals surface area contributed by atoms with Gasteiger partial charge in [0.15, 0.2) is 6.10 Å². The minimum Gasteiger partial charge on any atom is -0.382 e. The van der Waals surface area contributed by atoms with Gasteiger partial charge in [0.2, 0.25) is 0 Å². The van der Waals surface area contributed by atoms with Crippen LogP contribution in [0.3, 0.4) is 0 Å². The van der Waals surface area contributed by atoms with Crippen molar-refractivity contribution in [3.8, 4) is 0 Å². The molecule has 1 unspecified atom stereocenters. The molecule has 1 rings (SSSR count). The Bertz CT molecular complexity index is 450. The second-order valence-corrected chi connectivity index (χ2v) is 3.83. The average Bonchev–Trinajstić information content (AvgIpc) is 2.24. The summed E-state index contributed by atoms with van der Waals surface area (Å²) in [6, 6.07) is 3.11. The molecule has 0 aromatic heterocycles. The third kappa shape index (κ3) is 3.85. The van der Waals surface area contributed by atoms with Crippen molar-refractivity contribution in [2.45, 2.75) is 12.3 Å². The first-order chi connectivity index (χ1) is 8.21. The summed E-state index contributed by atoms with van der Waals surface area (Å²) in [7, 11) is 0. The zero-order chi connectivity index (χ0) is 13.9. The van der Waals surface area contributed by atoms with Crippen molar-refractivity contribution < 1.29 is 27.5 Å². The third-order valence-electron chi connectivity index (χ3n) is 2.01. The van der Waals surface area contributed by atoms with E-state index in [4.69, 9.17) is 16.7 Å². The lowest BCUT2D eigenvalue weighted by Crippen LogP contribution is -2.40. The molecular formula is C10H8ClF4NO2. The number of carbonyl (C=O) groups is 1. The van der Waals surface area contributed by atoms with Gasteiger partial charge in [0.05, 0.1) is 12.1 Å². The Balaban J connectivity index is 2.66. The SMILES string of the molecule is O=C(NCC(O)C(F)(F)F)c1ccc(Cl)cc1F. The molecule has 18 heavy (non-hydrogen) atoms. The Labute approximate surface area is 104 Å². The molecule has 1 atom stereocenters. The van der Waals surface area contributed by atoms with Gasteiger partial charge in [-0.2, -0.15) is 13.2 Å². The lowest BCUT2D eigenvalue weighted by Gasteiger charge is -2.15. The zero-order valence-corrected chi connectivity index (χ0v) is 9.52. The topological polar surface area (TPSA) is 49.3 Å². The minimum atomic E-state index is -4.84. The molecule has 0 saturated carbocycles. The van der Waals surface area contributed by atoms with Crippen molar-refractivity contribution >= 4 is 17.5 Å². The van der Waals surface area contributed by atoms with E-state index in [0.29, 0.717) is 0 Å². The van der Waals surface area contributed by atoms with Crippen molar-refractivity contribution in [1.29, 1.82) is 0 Å². The van der Waals surface area contributed by atoms with Crippen LogP contribution < -0.4 is 5.32 Å². The summed E-state index contributed by atoms with van der Waals surface area (Å²) in [5.74, 6) is -2.02. The highest BCUT2D eigenvalue weighted by molar-refractivity contribution is 6.30. The molecule has 2 N–H and O–H groups in total. The number of hydrogen-bond acceptors (Lipinski definition) is 2. The number of alkyl halides is 3. The Morgan fingerprint density at radius 3 is 2.56 bits per heavy atom. The average molecular weight is 286 g/mol. The highest BCUT2D eigenvalue weighted by Crippen LogP contribution is 2.19. The quantitative estimate of drug-likeness (QED) is 0.836. The highest BCUT2D eigenvalue weighted by Gasteiger charge is 2.38. The van der Waals surface area contributed by atoms with Gasteiger partial charge < -0.3 is 10.4 Å². The van der Waals surface area contributed by atoms with Gasteiger partial charge in [0, 0.05) is 5.02 Å². The Hall–Kier alpha value is -1.34. The minimum absolute atomic E-state index is 0.0550. The fourth-order valence-electron chi connectivity index (χ4n) is 1.07. The van der Waals surface area contributed by atoms with E-state index >= 15 is 0 Å². The zero-order valence-electron chi connectivity index (χ0n) is 8.76. The summed E-state index contributed by atoms with van der Waals surface area (Å²) in [6.07, 6.45) is -7.54. The molecule has 0 fully saturated rings. The number of aliphatic hydroxyl groups excluding tert-OH is 1. The Morgan fingerprint density at radius 2 is 2.06 bits per heavy atom. The molecule has 0 radical (unpaired) electrons. The van der Waals surface area contributed by atoms with Crippen molar-refractivity contribution in [3.05, 3.63) is 34.6 Å². The lowest BCUT2D eigenvalue weighted by molar-refractivity contribution is -0.201. The van der Waals surface area contributed by atoms with E-state index < -0.39 is 36.1 Å². The van der Waals surface area contributed by atoms with Gasteiger partial charge in [-0.05, 0) is 18.2 Å². The molecule has 100 valence electrons. The van der Waals surface area contributed by atoms with Crippen LogP contribution in [-0.4, -0.2) is 29.8 Å². The number of hydrogen-bond donors (Lipinski definition) is 2. The van der Waals surface area contributed by atoms with Gasteiger partial charge in [-0.1, -0.05) is 11.6 Å². The van der Waals surface area contributed by atoms with Crippen molar-refractivity contribution in [2.24, 2.45) is 0 Å². The van der Waals surface area contributed by atoms with Crippen molar-refractivity contribution in [1.82, 2.24) is 5.32 Å². The summed E-state index contributed by atoms with van der Waals surface area (Å²) in [5, 5.41) is 10.5. The van der Waals surface area contributed by atoms with Crippen molar-refractivity contribution in [2.75, 3.05) is 6.54 Å². The van der Waals surface area contributed by atoms with Crippen LogP contribution in [0.4, 0.5) is 17.6 Å². The molecule has 0 aliphatic carbocycles. The molecule has 0 aliphatic rings. The van der Waals surface area contributed by atoms with E-state index in [9.17, 15) is 22.4 Å². The third-order valence-corrected chi connectivity index (χ3v) is 2.24. The largest absolute Gasteiger partial charge is 0.416 e. The molecule has 0 bridgehead atoms. The molecule has 0 saturated heterocycles. The molecular weight excluding hydrogens is 278 g/mol. The maximum absolute atomic E-state index is 13.2. The van der Waals surface area contributed by atoms with Gasteiger partial charge in [0.1, 0.15) is 5.82 Å². The summed E-state index contributed by atoms with van der Waals surface area (Å²) in [6.45, 7) is -1.05. The molecule has 1 aromatic carbocycles. The predicted octanol–water partition coefficient (Wildman–Crippen LogP) is 2.13. The maximum atomic E-state index is 13.2. The molecule has 1 aromatic rings. The van der Waals surface area contributed by atoms with Crippen LogP contribution in [0.5, 0.6) is 0 Å². The van der Waals surface area contributed by atoms with E-state index in [-0.39, 0.29) is 5.02 Å². The standard InChI is InChI=1S/C10H8ClF4NO2/c11-5-1-2-6(7(12)3-5)9(18)16-4-8(17)10(13,14)15/h1-3,8,17H,4H2,(H,16,18). The van der Waals surface area contributed by atoms with Crippen LogP contribution in [0.2, 0.25) is 5.02 Å². The first kappa shape index (κ1) is 14.7. The summed E-state index contributed by atoms with van der Waals surface area (Å²) < 4.78 is 49.1. The normalized spacial score (nSPS) is 13.2. The first-order valence-corrected chi connectivity index (χ1v) is 5.07. The molecule has 1 amide bonds. The van der Waals surface area contributed by atoms with Crippen LogP contribution in [0.15, 0.2) is 18.2 Å². The molecule has 8 heteroatoms. The number of benzene rings is 1. The van der Waals surface area contributed by atoms with Crippen LogP contribution in [-0.2, 0) is 0 Å². The van der Waals surface area contributed by atoms with Gasteiger partial charge >= 0.3 is 6.18 Å². The fraction of sp³-hybridized carbons (Fsp3) is 0.300. The molecule has 0 heterocycles. The smallest absolute Gasteiger partial charge is 0.382 e. The summed E-state index contributed by atoms with van der Waals surface area (Å²) >= 11 is 5.45. The second kappa shape index (κ2) is 5.53. The number of aliphatic hydroxyl groups is 1. The molecule has 3 nitrogen and oxygen atoms in total. The van der Waals surface area contributed by atoms with Gasteiger partial charge in [0.25, 0.3) is 5.91 Å². The first-order valence-electron chi connectivity index (χ1n) is 4.70. The van der Waals surface area contributed by atoms with Gasteiger partial charge in [-0.25, -0.2) is 4.39 Å². The number of halogens is 5. The lowest BCUT2D eigenvalue weighted by atomic mass is 10.2. The van der Waals surface area contributed by atoms with Crippen LogP contribution in [0.25, 0.3) is 0 Å². The molecule has 0 aliphatic heterocycles. The van der Waals surface area contributed by atoms with E-state index in [1.807, 2.05) is 0 Å². The maximum Gasteiger partial charge on any atom is 0.416 e. The molecule has 0 spiro atoms. The highest BCUT2D eigenvalue weighted by atomic mass is 35.5. The Morgan fingerprint density at radius 1 is 1.44 bits per heavy atom. The van der Waals surface area contributed by atoms with E-state index in [1.165, 1.54) is 6.07 Å².